The molecule has 1 fully saturated rings. The number of ketones is 1. The fourth-order valence-corrected chi connectivity index (χ4v) is 5.33. The molecule has 1 saturated heterocycles. The Morgan fingerprint density at radius 1 is 1.37 bits per heavy atom. The van der Waals surface area contributed by atoms with Crippen molar-refractivity contribution in [2.24, 2.45) is 0 Å². The number of nitrogens with two attached hydrogens (primary N) is 1. The number of anilines is 2. The first-order valence-electron chi connectivity index (χ1n) is 5.78. The fraction of sp³-hybridized carbons (Fsp3) is 0.545. The standard InChI is InChI=1S/C11H16N2O3S3/c1-7(14)9-8(12)10(17-2)11(18-9)13-3-5-19(15,16)6-4-13/h3-6,12H2,1-2H3. The lowest BCUT2D eigenvalue weighted by atomic mass is 10.3. The minimum absolute atomic E-state index is 0.0475. The topological polar surface area (TPSA) is 80.5 Å². The molecular weight excluding hydrogens is 304 g/mol. The third kappa shape index (κ3) is 2.90. The molecule has 0 radical (unpaired) electrons. The molecule has 1 aliphatic rings. The predicted molar refractivity (Wildman–Crippen MR) is 81.4 cm³/mol. The number of hydrogen-bond acceptors (Lipinski definition) is 7. The lowest BCUT2D eigenvalue weighted by Gasteiger charge is -2.28. The van der Waals surface area contributed by atoms with E-state index in [4.69, 9.17) is 5.73 Å². The third-order valence-corrected chi connectivity index (χ3v) is 6.96. The summed E-state index contributed by atoms with van der Waals surface area (Å²) in [5, 5.41) is 0.921. The summed E-state index contributed by atoms with van der Waals surface area (Å²) >= 11 is 2.86. The summed E-state index contributed by atoms with van der Waals surface area (Å²) in [7, 11) is -2.90. The van der Waals surface area contributed by atoms with Gasteiger partial charge < -0.3 is 10.6 Å². The number of nitrogen functional groups attached to an aromatic ring is 1. The molecule has 2 N–H and O–H groups in total. The number of hydrogen-bond donors (Lipinski definition) is 1. The molecule has 0 bridgehead atoms. The highest BCUT2D eigenvalue weighted by Gasteiger charge is 2.27. The number of thiophene rings is 1. The number of rotatable bonds is 3. The highest BCUT2D eigenvalue weighted by molar-refractivity contribution is 7.99. The Kier molecular flexibility index (Phi) is 4.12. The first-order chi connectivity index (χ1) is 8.85. The second kappa shape index (κ2) is 5.34. The van der Waals surface area contributed by atoms with Crippen LogP contribution in [-0.4, -0.2) is 45.1 Å². The van der Waals surface area contributed by atoms with Crippen molar-refractivity contribution in [3.63, 3.8) is 0 Å². The Hall–Kier alpha value is -0.730. The molecule has 106 valence electrons. The molecule has 2 rings (SSSR count). The Morgan fingerprint density at radius 3 is 2.42 bits per heavy atom. The quantitative estimate of drug-likeness (QED) is 0.671. The van der Waals surface area contributed by atoms with Crippen molar-refractivity contribution in [1.82, 2.24) is 0 Å². The molecule has 0 saturated carbocycles. The van der Waals surface area contributed by atoms with Crippen LogP contribution in [0.1, 0.15) is 16.6 Å². The van der Waals surface area contributed by atoms with E-state index in [1.807, 2.05) is 11.2 Å². The van der Waals surface area contributed by atoms with E-state index in [-0.39, 0.29) is 17.3 Å². The van der Waals surface area contributed by atoms with E-state index in [1.165, 1.54) is 30.0 Å². The van der Waals surface area contributed by atoms with Crippen LogP contribution in [0.15, 0.2) is 4.90 Å². The van der Waals surface area contributed by atoms with Crippen molar-refractivity contribution in [3.05, 3.63) is 4.88 Å². The number of Topliss-reactive ketones (excluding diaryl/α,β-unsaturated/α-hetero) is 1. The van der Waals surface area contributed by atoms with Crippen molar-refractivity contribution in [2.45, 2.75) is 11.8 Å². The summed E-state index contributed by atoms with van der Waals surface area (Å²) in [5.74, 6) is 0.274. The van der Waals surface area contributed by atoms with Gasteiger partial charge in [0.05, 0.1) is 27.0 Å². The SMILES string of the molecule is CSc1c(N2CCS(=O)(=O)CC2)sc(C(C)=O)c1N. The van der Waals surface area contributed by atoms with Gasteiger partial charge in [-0.3, -0.25) is 4.79 Å². The van der Waals surface area contributed by atoms with E-state index in [0.29, 0.717) is 23.7 Å². The molecule has 1 aromatic heterocycles. The minimum atomic E-state index is -2.90. The summed E-state index contributed by atoms with van der Waals surface area (Å²) in [6.07, 6.45) is 1.91. The van der Waals surface area contributed by atoms with Crippen LogP contribution in [0.25, 0.3) is 0 Å². The molecule has 0 aromatic carbocycles. The Labute approximate surface area is 121 Å². The molecule has 19 heavy (non-hydrogen) atoms. The Morgan fingerprint density at radius 2 is 1.95 bits per heavy atom. The monoisotopic (exact) mass is 320 g/mol. The molecule has 1 aliphatic heterocycles. The van der Waals surface area contributed by atoms with Gasteiger partial charge in [-0.25, -0.2) is 8.42 Å². The Balaban J connectivity index is 2.35. The van der Waals surface area contributed by atoms with Crippen molar-refractivity contribution in [3.8, 4) is 0 Å². The molecule has 0 unspecified atom stereocenters. The van der Waals surface area contributed by atoms with Gasteiger partial charge in [-0.05, 0) is 6.26 Å². The van der Waals surface area contributed by atoms with Crippen molar-refractivity contribution < 1.29 is 13.2 Å². The predicted octanol–water partition coefficient (Wildman–Crippen LogP) is 1.49. The van der Waals surface area contributed by atoms with Crippen molar-refractivity contribution >= 4 is 49.4 Å². The largest absolute Gasteiger partial charge is 0.396 e. The average Bonchev–Trinajstić information content (AvgIpc) is 2.66. The Bertz CT molecular complexity index is 593. The zero-order chi connectivity index (χ0) is 14.2. The minimum Gasteiger partial charge on any atom is -0.396 e. The van der Waals surface area contributed by atoms with Gasteiger partial charge in [0, 0.05) is 20.0 Å². The van der Waals surface area contributed by atoms with Gasteiger partial charge in [0.25, 0.3) is 0 Å². The number of carbonyl (C=O) groups excluding carboxylic acids is 1. The summed E-state index contributed by atoms with van der Waals surface area (Å²) in [6, 6.07) is 0. The number of carbonyl (C=O) groups is 1. The van der Waals surface area contributed by atoms with Crippen LogP contribution in [0.4, 0.5) is 10.7 Å². The smallest absolute Gasteiger partial charge is 0.171 e. The third-order valence-electron chi connectivity index (χ3n) is 3.04. The van der Waals surface area contributed by atoms with Gasteiger partial charge in [0.1, 0.15) is 5.00 Å². The van der Waals surface area contributed by atoms with Gasteiger partial charge in [-0.2, -0.15) is 0 Å². The van der Waals surface area contributed by atoms with Gasteiger partial charge in [0.15, 0.2) is 15.6 Å². The maximum absolute atomic E-state index is 11.5. The summed E-state index contributed by atoms with van der Waals surface area (Å²) in [5.41, 5.74) is 6.52. The van der Waals surface area contributed by atoms with Gasteiger partial charge in [-0.15, -0.1) is 23.1 Å². The summed E-state index contributed by atoms with van der Waals surface area (Å²) < 4.78 is 22.9. The van der Waals surface area contributed by atoms with E-state index in [2.05, 4.69) is 0 Å². The summed E-state index contributed by atoms with van der Waals surface area (Å²) in [6.45, 7) is 2.43. The van der Waals surface area contributed by atoms with Crippen molar-refractivity contribution in [1.29, 1.82) is 0 Å². The number of thioether (sulfide) groups is 1. The lowest BCUT2D eigenvalue weighted by Crippen LogP contribution is -2.40. The maximum atomic E-state index is 11.5. The number of sulfone groups is 1. The fourth-order valence-electron chi connectivity index (χ4n) is 2.00. The average molecular weight is 320 g/mol. The van der Waals surface area contributed by atoms with Gasteiger partial charge >= 0.3 is 0 Å². The molecule has 5 nitrogen and oxygen atoms in total. The molecule has 1 aromatic rings. The first kappa shape index (κ1) is 14.7. The van der Waals surface area contributed by atoms with Gasteiger partial charge in [0.2, 0.25) is 0 Å². The number of nitrogens with zero attached hydrogens (tertiary/aromatic N) is 1. The molecule has 8 heteroatoms. The molecule has 0 aliphatic carbocycles. The highest BCUT2D eigenvalue weighted by atomic mass is 32.2. The van der Waals surface area contributed by atoms with Crippen LogP contribution in [0.5, 0.6) is 0 Å². The van der Waals surface area contributed by atoms with Crippen LogP contribution >= 0.6 is 23.1 Å². The molecular formula is C11H16N2O3S3. The van der Waals surface area contributed by atoms with Gasteiger partial charge in [-0.1, -0.05) is 0 Å². The highest BCUT2D eigenvalue weighted by Crippen LogP contribution is 2.44. The van der Waals surface area contributed by atoms with Crippen LogP contribution < -0.4 is 10.6 Å². The molecule has 2 heterocycles. The lowest BCUT2D eigenvalue weighted by molar-refractivity contribution is 0.102. The van der Waals surface area contributed by atoms with E-state index < -0.39 is 9.84 Å². The molecule has 0 atom stereocenters. The zero-order valence-corrected chi connectivity index (χ0v) is 13.3. The van der Waals surface area contributed by atoms with Crippen molar-refractivity contribution in [2.75, 3.05) is 41.5 Å². The van der Waals surface area contributed by atoms with Crippen LogP contribution in [0.3, 0.4) is 0 Å². The van der Waals surface area contributed by atoms with E-state index in [0.717, 1.165) is 9.90 Å². The van der Waals surface area contributed by atoms with Crippen LogP contribution in [0, 0.1) is 0 Å². The van der Waals surface area contributed by atoms with E-state index in [1.54, 1.807) is 0 Å². The molecule has 0 amide bonds. The van der Waals surface area contributed by atoms with E-state index in [9.17, 15) is 13.2 Å². The first-order valence-corrected chi connectivity index (χ1v) is 9.64. The molecule has 0 spiro atoms. The maximum Gasteiger partial charge on any atom is 0.171 e. The summed E-state index contributed by atoms with van der Waals surface area (Å²) in [4.78, 5) is 15.0. The normalized spacial score (nSPS) is 18.5. The van der Waals surface area contributed by atoms with Crippen LogP contribution in [0.2, 0.25) is 0 Å². The zero-order valence-electron chi connectivity index (χ0n) is 10.8. The van der Waals surface area contributed by atoms with E-state index >= 15 is 0 Å². The second-order valence-electron chi connectivity index (χ2n) is 4.38. The van der Waals surface area contributed by atoms with Crippen LogP contribution in [-0.2, 0) is 9.84 Å². The second-order valence-corrected chi connectivity index (χ2v) is 8.50.